The van der Waals surface area contributed by atoms with E-state index in [1.165, 1.54) is 6.42 Å². The van der Waals surface area contributed by atoms with E-state index in [0.29, 0.717) is 23.2 Å². The predicted octanol–water partition coefficient (Wildman–Crippen LogP) is 3.62. The molecule has 1 aliphatic rings. The Balaban J connectivity index is 2.37. The Kier molecular flexibility index (Phi) is 4.03. The maximum absolute atomic E-state index is 11.1. The maximum Gasteiger partial charge on any atom is 0.278 e. The van der Waals surface area contributed by atoms with Gasteiger partial charge in [-0.3, -0.25) is 15.1 Å². The van der Waals surface area contributed by atoms with Crippen molar-refractivity contribution < 1.29 is 4.92 Å². The largest absolute Gasteiger partial charge is 0.278 e. The van der Waals surface area contributed by atoms with E-state index in [9.17, 15) is 15.4 Å². The van der Waals surface area contributed by atoms with Crippen LogP contribution in [0, 0.1) is 40.7 Å². The third kappa shape index (κ3) is 2.64. The van der Waals surface area contributed by atoms with Crippen LogP contribution in [0.2, 0.25) is 0 Å². The predicted molar refractivity (Wildman–Crippen MR) is 75.2 cm³/mol. The summed E-state index contributed by atoms with van der Waals surface area (Å²) in [6, 6.07) is 2.45. The van der Waals surface area contributed by atoms with Crippen molar-refractivity contribution in [3.05, 3.63) is 33.1 Å². The van der Waals surface area contributed by atoms with Gasteiger partial charge < -0.3 is 0 Å². The first kappa shape index (κ1) is 14.4. The highest BCUT2D eigenvalue weighted by Gasteiger charge is 2.34. The molecule has 1 aromatic heterocycles. The number of aromatic nitrogens is 1. The van der Waals surface area contributed by atoms with Gasteiger partial charge >= 0.3 is 0 Å². The smallest absolute Gasteiger partial charge is 0.260 e. The lowest BCUT2D eigenvalue weighted by Crippen LogP contribution is -2.26. The van der Waals surface area contributed by atoms with Gasteiger partial charge in [-0.05, 0) is 26.7 Å². The lowest BCUT2D eigenvalue weighted by molar-refractivity contribution is -0.386. The number of rotatable bonds is 3. The van der Waals surface area contributed by atoms with Crippen molar-refractivity contribution in [3.63, 3.8) is 0 Å². The zero-order valence-electron chi connectivity index (χ0n) is 12.0. The summed E-state index contributed by atoms with van der Waals surface area (Å²) >= 11 is 0. The topological polar surface area (TPSA) is 79.8 Å². The van der Waals surface area contributed by atoms with Crippen LogP contribution in [-0.4, -0.2) is 9.91 Å². The molecule has 1 aromatic rings. The molecule has 5 heteroatoms. The molecule has 20 heavy (non-hydrogen) atoms. The Labute approximate surface area is 118 Å². The number of nitriles is 1. The van der Waals surface area contributed by atoms with Crippen LogP contribution in [-0.2, 0) is 6.42 Å². The van der Waals surface area contributed by atoms with Crippen molar-refractivity contribution in [1.29, 1.82) is 5.26 Å². The molecule has 0 atom stereocenters. The first-order valence-corrected chi connectivity index (χ1v) is 7.00. The van der Waals surface area contributed by atoms with Crippen LogP contribution >= 0.6 is 0 Å². The van der Waals surface area contributed by atoms with Crippen molar-refractivity contribution in [3.8, 4) is 6.07 Å². The summed E-state index contributed by atoms with van der Waals surface area (Å²) in [6.07, 6.45) is 7.09. The summed E-state index contributed by atoms with van der Waals surface area (Å²) in [7, 11) is 0. The Morgan fingerprint density at radius 3 is 2.60 bits per heavy atom. The van der Waals surface area contributed by atoms with Crippen molar-refractivity contribution in [2.75, 3.05) is 0 Å². The third-order valence-corrected chi connectivity index (χ3v) is 4.31. The summed E-state index contributed by atoms with van der Waals surface area (Å²) in [5.74, 6) is 0. The molecule has 106 valence electrons. The minimum Gasteiger partial charge on any atom is -0.260 e. The standard InChI is InChI=1S/C15H19N3O2/c1-11-9-17-13(12(2)14(11)18(19)20)8-15(10-16)6-4-3-5-7-15/h9H,3-8H2,1-2H3. The van der Waals surface area contributed by atoms with Crippen LogP contribution in [0.4, 0.5) is 5.69 Å². The molecule has 2 rings (SSSR count). The van der Waals surface area contributed by atoms with Gasteiger partial charge in [0, 0.05) is 23.7 Å². The van der Waals surface area contributed by atoms with Gasteiger partial charge in [0.05, 0.1) is 22.1 Å². The zero-order chi connectivity index (χ0) is 14.8. The average molecular weight is 273 g/mol. The Bertz CT molecular complexity index is 569. The lowest BCUT2D eigenvalue weighted by Gasteiger charge is -2.30. The normalized spacial score (nSPS) is 17.4. The van der Waals surface area contributed by atoms with E-state index in [4.69, 9.17) is 0 Å². The van der Waals surface area contributed by atoms with Crippen LogP contribution in [0.5, 0.6) is 0 Å². The molecule has 1 aliphatic carbocycles. The summed E-state index contributed by atoms with van der Waals surface area (Å²) in [4.78, 5) is 15.2. The van der Waals surface area contributed by atoms with Crippen molar-refractivity contribution in [1.82, 2.24) is 4.98 Å². The zero-order valence-corrected chi connectivity index (χ0v) is 12.0. The highest BCUT2D eigenvalue weighted by Crippen LogP contribution is 2.39. The summed E-state index contributed by atoms with van der Waals surface area (Å²) in [6.45, 7) is 3.43. The Morgan fingerprint density at radius 1 is 1.40 bits per heavy atom. The summed E-state index contributed by atoms with van der Waals surface area (Å²) in [5.41, 5.74) is 1.63. The molecule has 0 bridgehead atoms. The third-order valence-electron chi connectivity index (χ3n) is 4.31. The second-order valence-corrected chi connectivity index (χ2v) is 5.75. The van der Waals surface area contributed by atoms with E-state index in [0.717, 1.165) is 25.7 Å². The van der Waals surface area contributed by atoms with E-state index in [-0.39, 0.29) is 16.0 Å². The molecular weight excluding hydrogens is 254 g/mol. The number of nitrogens with zero attached hydrogens (tertiary/aromatic N) is 3. The van der Waals surface area contributed by atoms with Gasteiger partial charge in [0.25, 0.3) is 5.69 Å². The highest BCUT2D eigenvalue weighted by atomic mass is 16.6. The van der Waals surface area contributed by atoms with E-state index in [1.54, 1.807) is 20.0 Å². The van der Waals surface area contributed by atoms with Crippen LogP contribution in [0.3, 0.4) is 0 Å². The van der Waals surface area contributed by atoms with Gasteiger partial charge in [0.2, 0.25) is 0 Å². The van der Waals surface area contributed by atoms with E-state index < -0.39 is 0 Å². The molecule has 0 saturated heterocycles. The second-order valence-electron chi connectivity index (χ2n) is 5.75. The molecule has 5 nitrogen and oxygen atoms in total. The molecule has 0 aliphatic heterocycles. The number of nitro groups is 1. The van der Waals surface area contributed by atoms with Gasteiger partial charge in [0.15, 0.2) is 0 Å². The van der Waals surface area contributed by atoms with Gasteiger partial charge in [-0.1, -0.05) is 19.3 Å². The minimum absolute atomic E-state index is 0.138. The fraction of sp³-hybridized carbons (Fsp3) is 0.600. The molecular formula is C15H19N3O2. The van der Waals surface area contributed by atoms with Crippen LogP contribution in [0.1, 0.15) is 48.9 Å². The molecule has 0 radical (unpaired) electrons. The van der Waals surface area contributed by atoms with E-state index in [2.05, 4.69) is 11.1 Å². The summed E-state index contributed by atoms with van der Waals surface area (Å²) in [5, 5.41) is 20.7. The molecule has 1 saturated carbocycles. The average Bonchev–Trinajstić information content (AvgIpc) is 2.43. The van der Waals surface area contributed by atoms with Crippen LogP contribution < -0.4 is 0 Å². The van der Waals surface area contributed by atoms with Gasteiger partial charge in [0.1, 0.15) is 0 Å². The molecule has 0 amide bonds. The fourth-order valence-corrected chi connectivity index (χ4v) is 3.10. The number of pyridine rings is 1. The SMILES string of the molecule is Cc1cnc(CC2(C#N)CCCCC2)c(C)c1[N+](=O)[O-]. The van der Waals surface area contributed by atoms with Crippen molar-refractivity contribution in [2.45, 2.75) is 52.4 Å². The maximum atomic E-state index is 11.1. The Morgan fingerprint density at radius 2 is 2.05 bits per heavy atom. The second kappa shape index (κ2) is 5.58. The van der Waals surface area contributed by atoms with Crippen molar-refractivity contribution in [2.24, 2.45) is 5.41 Å². The molecule has 1 fully saturated rings. The first-order chi connectivity index (χ1) is 9.49. The molecule has 1 heterocycles. The molecule has 0 spiro atoms. The van der Waals surface area contributed by atoms with Crippen molar-refractivity contribution >= 4 is 5.69 Å². The minimum atomic E-state index is -0.390. The number of hydrogen-bond acceptors (Lipinski definition) is 4. The Hall–Kier alpha value is -1.96. The van der Waals surface area contributed by atoms with Crippen LogP contribution in [0.25, 0.3) is 0 Å². The van der Waals surface area contributed by atoms with Gasteiger partial charge in [-0.2, -0.15) is 5.26 Å². The first-order valence-electron chi connectivity index (χ1n) is 7.00. The van der Waals surface area contributed by atoms with Crippen LogP contribution in [0.15, 0.2) is 6.20 Å². The van der Waals surface area contributed by atoms with E-state index >= 15 is 0 Å². The quantitative estimate of drug-likeness (QED) is 0.622. The molecule has 0 unspecified atom stereocenters. The fourth-order valence-electron chi connectivity index (χ4n) is 3.10. The monoisotopic (exact) mass is 273 g/mol. The lowest BCUT2D eigenvalue weighted by atomic mass is 9.72. The summed E-state index contributed by atoms with van der Waals surface area (Å²) < 4.78 is 0. The van der Waals surface area contributed by atoms with Gasteiger partial charge in [-0.15, -0.1) is 0 Å². The number of aryl methyl sites for hydroxylation is 1. The van der Waals surface area contributed by atoms with Gasteiger partial charge in [-0.25, -0.2) is 0 Å². The molecule has 0 N–H and O–H groups in total. The highest BCUT2D eigenvalue weighted by molar-refractivity contribution is 5.47. The molecule has 0 aromatic carbocycles. The van der Waals surface area contributed by atoms with E-state index in [1.807, 2.05) is 0 Å². The number of hydrogen-bond donors (Lipinski definition) is 0.